The van der Waals surface area contributed by atoms with Gasteiger partial charge in [-0.05, 0) is 83.7 Å². The zero-order valence-corrected chi connectivity index (χ0v) is 19.7. The number of rotatable bonds is 8. The van der Waals surface area contributed by atoms with Gasteiger partial charge in [0.1, 0.15) is 5.56 Å². The molecule has 0 radical (unpaired) electrons. The van der Waals surface area contributed by atoms with E-state index in [1.807, 2.05) is 51.4 Å². The third kappa shape index (κ3) is 4.92. The molecule has 0 aliphatic carbocycles. The van der Waals surface area contributed by atoms with Gasteiger partial charge in [-0.25, -0.2) is 4.68 Å². The first-order valence-electron chi connectivity index (χ1n) is 10.3. The van der Waals surface area contributed by atoms with Gasteiger partial charge in [-0.3, -0.25) is 4.79 Å². The second kappa shape index (κ2) is 9.62. The average molecular weight is 417 g/mol. The van der Waals surface area contributed by atoms with Crippen molar-refractivity contribution in [1.29, 1.82) is 0 Å². The Morgan fingerprint density at radius 2 is 1.83 bits per heavy atom. The van der Waals surface area contributed by atoms with Gasteiger partial charge in [0.15, 0.2) is 0 Å². The molecule has 1 aromatic carbocycles. The van der Waals surface area contributed by atoms with Crippen LogP contribution in [0.1, 0.15) is 87.1 Å². The van der Waals surface area contributed by atoms with Crippen LogP contribution in [0.3, 0.4) is 0 Å². The standard InChI is InChI=1S/C24H33ClN2O2/c1-9-10-13-27-24(29-15(4)5)22(18(8)26-27)23(28)19-11-12-20(25)21(17(19)7)16(6)14(2)3/h11-12,15H,9-10,13H2,1-8H3. The van der Waals surface area contributed by atoms with E-state index in [1.165, 1.54) is 5.57 Å². The summed E-state index contributed by atoms with van der Waals surface area (Å²) in [7, 11) is 0. The number of aryl methyl sites for hydroxylation is 2. The minimum atomic E-state index is -0.0714. The monoisotopic (exact) mass is 416 g/mol. The molecule has 2 rings (SSSR count). The molecule has 0 spiro atoms. The molecule has 0 unspecified atom stereocenters. The molecule has 158 valence electrons. The van der Waals surface area contributed by atoms with E-state index in [1.54, 1.807) is 0 Å². The molecular weight excluding hydrogens is 384 g/mol. The Balaban J connectivity index is 2.65. The fourth-order valence-electron chi connectivity index (χ4n) is 3.39. The van der Waals surface area contributed by atoms with Crippen molar-refractivity contribution in [1.82, 2.24) is 9.78 Å². The molecule has 0 saturated carbocycles. The number of hydrogen-bond donors (Lipinski definition) is 0. The van der Waals surface area contributed by atoms with E-state index in [0.717, 1.165) is 36.1 Å². The number of carbonyl (C=O) groups is 1. The van der Waals surface area contributed by atoms with Gasteiger partial charge in [-0.15, -0.1) is 0 Å². The van der Waals surface area contributed by atoms with Gasteiger partial charge in [0.2, 0.25) is 11.7 Å². The van der Waals surface area contributed by atoms with Crippen LogP contribution in [0.4, 0.5) is 0 Å². The predicted molar refractivity (Wildman–Crippen MR) is 121 cm³/mol. The van der Waals surface area contributed by atoms with Crippen LogP contribution < -0.4 is 4.74 Å². The van der Waals surface area contributed by atoms with Crippen LogP contribution in [-0.2, 0) is 6.54 Å². The van der Waals surface area contributed by atoms with Crippen molar-refractivity contribution in [3.8, 4) is 5.88 Å². The first-order chi connectivity index (χ1) is 13.6. The molecule has 0 aliphatic heterocycles. The third-order valence-corrected chi connectivity index (χ3v) is 5.48. The maximum absolute atomic E-state index is 13.6. The molecule has 0 N–H and O–H groups in total. The lowest BCUT2D eigenvalue weighted by Crippen LogP contribution is -2.15. The largest absolute Gasteiger partial charge is 0.475 e. The van der Waals surface area contributed by atoms with Crippen LogP contribution in [0.5, 0.6) is 5.88 Å². The highest BCUT2D eigenvalue weighted by Gasteiger charge is 2.27. The maximum atomic E-state index is 13.6. The number of carbonyl (C=O) groups excluding carboxylic acids is 1. The lowest BCUT2D eigenvalue weighted by atomic mass is 9.91. The SMILES string of the molecule is CCCCn1nc(C)c(C(=O)c2ccc(Cl)c(C(C)=C(C)C)c2C)c1OC(C)C. The summed E-state index contributed by atoms with van der Waals surface area (Å²) in [6, 6.07) is 3.62. The van der Waals surface area contributed by atoms with Crippen molar-refractivity contribution in [2.24, 2.45) is 0 Å². The summed E-state index contributed by atoms with van der Waals surface area (Å²) in [6.45, 7) is 16.8. The number of benzene rings is 1. The number of halogens is 1. The van der Waals surface area contributed by atoms with E-state index >= 15 is 0 Å². The van der Waals surface area contributed by atoms with Crippen molar-refractivity contribution in [2.75, 3.05) is 0 Å². The molecule has 2 aromatic rings. The van der Waals surface area contributed by atoms with Crippen molar-refractivity contribution in [3.05, 3.63) is 50.7 Å². The Bertz CT molecular complexity index is 935. The first kappa shape index (κ1) is 23.2. The van der Waals surface area contributed by atoms with Gasteiger partial charge < -0.3 is 4.74 Å². The summed E-state index contributed by atoms with van der Waals surface area (Å²) < 4.78 is 7.89. The van der Waals surface area contributed by atoms with Crippen LogP contribution in [0.2, 0.25) is 5.02 Å². The predicted octanol–water partition coefficient (Wildman–Crippen LogP) is 6.78. The van der Waals surface area contributed by atoms with Gasteiger partial charge >= 0.3 is 0 Å². The molecule has 0 atom stereocenters. The summed E-state index contributed by atoms with van der Waals surface area (Å²) in [5.41, 5.74) is 5.95. The second-order valence-electron chi connectivity index (χ2n) is 8.06. The molecule has 0 aliphatic rings. The van der Waals surface area contributed by atoms with Crippen molar-refractivity contribution in [3.63, 3.8) is 0 Å². The molecule has 0 fully saturated rings. The van der Waals surface area contributed by atoms with Gasteiger partial charge in [0.05, 0.1) is 11.8 Å². The summed E-state index contributed by atoms with van der Waals surface area (Å²) in [5.74, 6) is 0.489. The summed E-state index contributed by atoms with van der Waals surface area (Å²) in [5, 5.41) is 5.28. The highest BCUT2D eigenvalue weighted by Crippen LogP contribution is 2.34. The van der Waals surface area contributed by atoms with Gasteiger partial charge in [0, 0.05) is 17.1 Å². The summed E-state index contributed by atoms with van der Waals surface area (Å²) in [4.78, 5) is 13.6. The lowest BCUT2D eigenvalue weighted by Gasteiger charge is -2.16. The van der Waals surface area contributed by atoms with E-state index in [9.17, 15) is 4.79 Å². The number of aromatic nitrogens is 2. The number of unbranched alkanes of at least 4 members (excludes halogenated alkanes) is 1. The van der Waals surface area contributed by atoms with Crippen LogP contribution in [0, 0.1) is 13.8 Å². The van der Waals surface area contributed by atoms with E-state index in [0.29, 0.717) is 27.7 Å². The van der Waals surface area contributed by atoms with Gasteiger partial charge in [-0.1, -0.05) is 30.5 Å². The summed E-state index contributed by atoms with van der Waals surface area (Å²) in [6.07, 6.45) is 1.98. The Morgan fingerprint density at radius 3 is 2.38 bits per heavy atom. The molecule has 0 saturated heterocycles. The second-order valence-corrected chi connectivity index (χ2v) is 8.47. The first-order valence-corrected chi connectivity index (χ1v) is 10.7. The fourth-order valence-corrected chi connectivity index (χ4v) is 3.74. The molecule has 4 nitrogen and oxygen atoms in total. The van der Waals surface area contributed by atoms with E-state index in [4.69, 9.17) is 16.3 Å². The minimum Gasteiger partial charge on any atom is -0.475 e. The average Bonchev–Trinajstić information content (AvgIpc) is 2.93. The smallest absolute Gasteiger partial charge is 0.223 e. The minimum absolute atomic E-state index is 0.0483. The Kier molecular flexibility index (Phi) is 7.70. The molecule has 0 amide bonds. The Labute approximate surface area is 179 Å². The zero-order valence-electron chi connectivity index (χ0n) is 18.9. The van der Waals surface area contributed by atoms with Gasteiger partial charge in [-0.2, -0.15) is 5.10 Å². The lowest BCUT2D eigenvalue weighted by molar-refractivity contribution is 0.103. The fraction of sp³-hybridized carbons (Fsp3) is 0.500. The molecule has 0 bridgehead atoms. The van der Waals surface area contributed by atoms with Crippen molar-refractivity contribution in [2.45, 2.75) is 80.9 Å². The number of ketones is 1. The van der Waals surface area contributed by atoms with Crippen LogP contribution in [0.15, 0.2) is 17.7 Å². The number of nitrogens with zero attached hydrogens (tertiary/aromatic N) is 2. The number of ether oxygens (including phenoxy) is 1. The molecule has 1 heterocycles. The molecule has 29 heavy (non-hydrogen) atoms. The van der Waals surface area contributed by atoms with Crippen LogP contribution >= 0.6 is 11.6 Å². The van der Waals surface area contributed by atoms with E-state index in [-0.39, 0.29) is 11.9 Å². The quantitative estimate of drug-likeness (QED) is 0.445. The van der Waals surface area contributed by atoms with Crippen LogP contribution in [0.25, 0.3) is 5.57 Å². The maximum Gasteiger partial charge on any atom is 0.223 e. The normalized spacial score (nSPS) is 11.1. The number of allylic oxidation sites excluding steroid dienone is 2. The van der Waals surface area contributed by atoms with Crippen molar-refractivity contribution >= 4 is 23.0 Å². The Morgan fingerprint density at radius 1 is 1.17 bits per heavy atom. The molecular formula is C24H33ClN2O2. The summed E-state index contributed by atoms with van der Waals surface area (Å²) >= 11 is 6.50. The van der Waals surface area contributed by atoms with E-state index in [2.05, 4.69) is 25.9 Å². The highest BCUT2D eigenvalue weighted by atomic mass is 35.5. The van der Waals surface area contributed by atoms with Gasteiger partial charge in [0.25, 0.3) is 0 Å². The van der Waals surface area contributed by atoms with E-state index < -0.39 is 0 Å². The van der Waals surface area contributed by atoms with Crippen molar-refractivity contribution < 1.29 is 9.53 Å². The number of hydrogen-bond acceptors (Lipinski definition) is 3. The molecule has 5 heteroatoms. The third-order valence-electron chi connectivity index (χ3n) is 5.16. The highest BCUT2D eigenvalue weighted by molar-refractivity contribution is 6.32. The Hall–Kier alpha value is -2.07. The zero-order chi connectivity index (χ0) is 21.9. The topological polar surface area (TPSA) is 44.1 Å². The molecule has 1 aromatic heterocycles. The van der Waals surface area contributed by atoms with Crippen LogP contribution in [-0.4, -0.2) is 21.7 Å².